The summed E-state index contributed by atoms with van der Waals surface area (Å²) in [5, 5.41) is 0. The van der Waals surface area contributed by atoms with Gasteiger partial charge in [0.25, 0.3) is 0 Å². The highest BCUT2D eigenvalue weighted by Crippen LogP contribution is 2.40. The first-order valence-corrected chi connectivity index (χ1v) is 9.03. The minimum absolute atomic E-state index is 0.440. The minimum atomic E-state index is 0.440. The van der Waals surface area contributed by atoms with Crippen LogP contribution in [-0.2, 0) is 5.88 Å². The summed E-state index contributed by atoms with van der Waals surface area (Å²) in [4.78, 5) is 9.31. The molecule has 21 heavy (non-hydrogen) atoms. The van der Waals surface area contributed by atoms with Crippen LogP contribution in [0.4, 0.5) is 0 Å². The molecule has 0 aliphatic heterocycles. The molecule has 0 saturated heterocycles. The van der Waals surface area contributed by atoms with Crippen LogP contribution in [0.3, 0.4) is 0 Å². The largest absolute Gasteiger partial charge is 0.308 e. The number of rotatable bonds is 3. The van der Waals surface area contributed by atoms with Crippen LogP contribution in [0, 0.1) is 11.8 Å². The first-order valence-electron chi connectivity index (χ1n) is 7.70. The first-order chi connectivity index (χ1) is 10.1. The maximum Gasteiger partial charge on any atom is 0.160 e. The maximum absolute atomic E-state index is 6.17. The van der Waals surface area contributed by atoms with Gasteiger partial charge < -0.3 is 4.57 Å². The van der Waals surface area contributed by atoms with Gasteiger partial charge >= 0.3 is 0 Å². The van der Waals surface area contributed by atoms with Gasteiger partial charge in [-0.1, -0.05) is 26.7 Å². The Hall–Kier alpha value is -0.610. The summed E-state index contributed by atoms with van der Waals surface area (Å²) in [5.74, 6) is 2.75. The van der Waals surface area contributed by atoms with Crippen molar-refractivity contribution in [2.24, 2.45) is 11.8 Å². The van der Waals surface area contributed by atoms with Crippen molar-refractivity contribution in [3.63, 3.8) is 0 Å². The molecule has 3 rings (SSSR count). The van der Waals surface area contributed by atoms with Crippen LogP contribution in [-0.4, -0.2) is 14.5 Å². The molecule has 2 aromatic rings. The van der Waals surface area contributed by atoms with Crippen molar-refractivity contribution in [1.29, 1.82) is 0 Å². The molecule has 2 atom stereocenters. The van der Waals surface area contributed by atoms with Crippen LogP contribution in [0.2, 0.25) is 0 Å². The Labute approximate surface area is 139 Å². The topological polar surface area (TPSA) is 30.7 Å². The molecule has 2 heterocycles. The monoisotopic (exact) mass is 369 g/mol. The predicted octanol–water partition coefficient (Wildman–Crippen LogP) is 5.32. The molecule has 2 aromatic heterocycles. The summed E-state index contributed by atoms with van der Waals surface area (Å²) in [6, 6.07) is 2.51. The molecular weight excluding hydrogens is 350 g/mol. The molecule has 1 aliphatic rings. The lowest BCUT2D eigenvalue weighted by atomic mass is 9.77. The van der Waals surface area contributed by atoms with Crippen LogP contribution in [0.1, 0.15) is 51.4 Å². The van der Waals surface area contributed by atoms with Crippen molar-refractivity contribution < 1.29 is 0 Å². The molecule has 0 spiro atoms. The summed E-state index contributed by atoms with van der Waals surface area (Å²) < 4.78 is 3.28. The van der Waals surface area contributed by atoms with E-state index in [-0.39, 0.29) is 0 Å². The van der Waals surface area contributed by atoms with E-state index in [0.29, 0.717) is 23.8 Å². The third-order valence-corrected chi connectivity index (χ3v) is 5.33. The summed E-state index contributed by atoms with van der Waals surface area (Å²) >= 11 is 9.64. The van der Waals surface area contributed by atoms with E-state index in [9.17, 15) is 0 Å². The smallest absolute Gasteiger partial charge is 0.160 e. The number of aromatic nitrogens is 3. The number of fused-ring (bicyclic) bond motifs is 1. The average Bonchev–Trinajstić information content (AvgIpc) is 2.84. The van der Waals surface area contributed by atoms with E-state index in [4.69, 9.17) is 16.6 Å². The number of hydrogen-bond acceptors (Lipinski definition) is 2. The van der Waals surface area contributed by atoms with Gasteiger partial charge in [-0.15, -0.1) is 11.6 Å². The van der Waals surface area contributed by atoms with E-state index in [1.807, 2.05) is 12.3 Å². The van der Waals surface area contributed by atoms with E-state index >= 15 is 0 Å². The Morgan fingerprint density at radius 1 is 1.38 bits per heavy atom. The van der Waals surface area contributed by atoms with E-state index in [1.165, 1.54) is 25.7 Å². The van der Waals surface area contributed by atoms with Gasteiger partial charge in [-0.2, -0.15) is 0 Å². The molecule has 0 bridgehead atoms. The molecule has 0 amide bonds. The molecule has 1 saturated carbocycles. The van der Waals surface area contributed by atoms with Crippen molar-refractivity contribution in [2.75, 3.05) is 0 Å². The number of hydrogen-bond donors (Lipinski definition) is 0. The summed E-state index contributed by atoms with van der Waals surface area (Å²) in [6.07, 6.45) is 6.97. The zero-order valence-corrected chi connectivity index (χ0v) is 14.9. The van der Waals surface area contributed by atoms with E-state index in [0.717, 1.165) is 21.5 Å². The Bertz CT molecular complexity index is 638. The SMILES string of the molecule is CC(C)C1CCCCC1n1c(CCl)nc2cc(Br)cnc21. The van der Waals surface area contributed by atoms with Crippen LogP contribution in [0.5, 0.6) is 0 Å². The van der Waals surface area contributed by atoms with E-state index < -0.39 is 0 Å². The lowest BCUT2D eigenvalue weighted by Gasteiger charge is -2.36. The van der Waals surface area contributed by atoms with Crippen LogP contribution >= 0.6 is 27.5 Å². The second-order valence-corrected chi connectivity index (χ2v) is 7.47. The number of nitrogens with zero attached hydrogens (tertiary/aromatic N) is 3. The molecule has 2 unspecified atom stereocenters. The number of imidazole rings is 1. The van der Waals surface area contributed by atoms with Crippen molar-refractivity contribution in [1.82, 2.24) is 14.5 Å². The van der Waals surface area contributed by atoms with Gasteiger partial charge in [0.1, 0.15) is 11.3 Å². The third-order valence-electron chi connectivity index (χ3n) is 4.66. The Kier molecular flexibility index (Phi) is 4.55. The Morgan fingerprint density at radius 3 is 2.86 bits per heavy atom. The maximum atomic E-state index is 6.17. The van der Waals surface area contributed by atoms with E-state index in [1.54, 1.807) is 0 Å². The summed E-state index contributed by atoms with van der Waals surface area (Å²) in [7, 11) is 0. The average molecular weight is 371 g/mol. The van der Waals surface area contributed by atoms with Crippen LogP contribution in [0.15, 0.2) is 16.7 Å². The molecule has 0 radical (unpaired) electrons. The number of halogens is 2. The van der Waals surface area contributed by atoms with Gasteiger partial charge in [-0.05, 0) is 46.7 Å². The fourth-order valence-corrected chi connectivity index (χ4v) is 4.19. The van der Waals surface area contributed by atoms with Gasteiger partial charge in [0.15, 0.2) is 5.65 Å². The first kappa shape index (κ1) is 15.3. The standard InChI is InChI=1S/C16H21BrClN3/c1-10(2)12-5-3-4-6-14(12)21-15(8-18)20-13-7-11(17)9-19-16(13)21/h7,9-10,12,14H,3-6,8H2,1-2H3. The molecular formula is C16H21BrClN3. The van der Waals surface area contributed by atoms with Gasteiger partial charge in [-0.3, -0.25) is 0 Å². The van der Waals surface area contributed by atoms with Crippen molar-refractivity contribution in [3.8, 4) is 0 Å². The predicted molar refractivity (Wildman–Crippen MR) is 90.6 cm³/mol. The van der Waals surface area contributed by atoms with Gasteiger partial charge in [0, 0.05) is 16.7 Å². The molecule has 5 heteroatoms. The molecule has 1 aliphatic carbocycles. The lowest BCUT2D eigenvalue weighted by molar-refractivity contribution is 0.185. The zero-order valence-electron chi connectivity index (χ0n) is 12.5. The van der Waals surface area contributed by atoms with Gasteiger partial charge in [0.2, 0.25) is 0 Å². The van der Waals surface area contributed by atoms with E-state index in [2.05, 4.69) is 39.3 Å². The fourth-order valence-electron chi connectivity index (χ4n) is 3.69. The Balaban J connectivity index is 2.13. The fraction of sp³-hybridized carbons (Fsp3) is 0.625. The number of pyridine rings is 1. The minimum Gasteiger partial charge on any atom is -0.308 e. The third kappa shape index (κ3) is 2.85. The number of alkyl halides is 1. The van der Waals surface area contributed by atoms with Crippen LogP contribution < -0.4 is 0 Å². The van der Waals surface area contributed by atoms with Crippen LogP contribution in [0.25, 0.3) is 11.2 Å². The molecule has 0 aromatic carbocycles. The van der Waals surface area contributed by atoms with Gasteiger partial charge in [-0.25, -0.2) is 9.97 Å². The summed E-state index contributed by atoms with van der Waals surface area (Å²) in [6.45, 7) is 4.65. The highest BCUT2D eigenvalue weighted by molar-refractivity contribution is 9.10. The lowest BCUT2D eigenvalue weighted by Crippen LogP contribution is -2.28. The second-order valence-electron chi connectivity index (χ2n) is 6.29. The molecule has 3 nitrogen and oxygen atoms in total. The van der Waals surface area contributed by atoms with Crippen molar-refractivity contribution >= 4 is 38.7 Å². The highest BCUT2D eigenvalue weighted by Gasteiger charge is 2.31. The molecule has 0 N–H and O–H groups in total. The van der Waals surface area contributed by atoms with Crippen molar-refractivity contribution in [3.05, 3.63) is 22.6 Å². The normalized spacial score (nSPS) is 23.1. The highest BCUT2D eigenvalue weighted by atomic mass is 79.9. The van der Waals surface area contributed by atoms with Crippen molar-refractivity contribution in [2.45, 2.75) is 51.5 Å². The summed E-state index contributed by atoms with van der Waals surface area (Å²) in [5.41, 5.74) is 1.92. The second kappa shape index (κ2) is 6.25. The zero-order chi connectivity index (χ0) is 15.0. The quantitative estimate of drug-likeness (QED) is 0.685. The molecule has 1 fully saturated rings. The van der Waals surface area contributed by atoms with Gasteiger partial charge in [0.05, 0.1) is 5.88 Å². The molecule has 114 valence electrons. The Morgan fingerprint density at radius 2 is 2.14 bits per heavy atom.